The fraction of sp³-hybridized carbons (Fsp3) is 0.615. The second-order valence-electron chi connectivity index (χ2n) is 5.31. The average molecular weight is 237 g/mol. The molecule has 0 aromatic carbocycles. The molecule has 0 saturated heterocycles. The molecule has 1 aromatic heterocycles. The van der Waals surface area contributed by atoms with Gasteiger partial charge in [0, 0.05) is 30.8 Å². The van der Waals surface area contributed by atoms with Gasteiger partial charge in [-0.15, -0.1) is 0 Å². The molecule has 1 rings (SSSR count). The van der Waals surface area contributed by atoms with E-state index in [9.17, 15) is 4.79 Å². The number of amides is 1. The quantitative estimate of drug-likeness (QED) is 0.699. The SMILES string of the molecule is CC(CN)CC(=O)NCC(C)(C)c1cc[nH]c1. The van der Waals surface area contributed by atoms with Crippen molar-refractivity contribution in [3.8, 4) is 0 Å². The van der Waals surface area contributed by atoms with Crippen molar-refractivity contribution in [3.05, 3.63) is 24.0 Å². The Morgan fingerprint density at radius 2 is 2.29 bits per heavy atom. The monoisotopic (exact) mass is 237 g/mol. The Labute approximate surface area is 103 Å². The van der Waals surface area contributed by atoms with Gasteiger partial charge in [0.1, 0.15) is 0 Å². The van der Waals surface area contributed by atoms with Gasteiger partial charge < -0.3 is 16.0 Å². The van der Waals surface area contributed by atoms with Crippen LogP contribution in [-0.4, -0.2) is 24.0 Å². The Hall–Kier alpha value is -1.29. The predicted octanol–water partition coefficient (Wildman–Crippen LogP) is 1.39. The highest BCUT2D eigenvalue weighted by Crippen LogP contribution is 2.21. The molecule has 4 N–H and O–H groups in total. The molecule has 96 valence electrons. The maximum Gasteiger partial charge on any atom is 0.220 e. The maximum atomic E-state index is 11.7. The molecule has 0 aliphatic heterocycles. The van der Waals surface area contributed by atoms with E-state index >= 15 is 0 Å². The van der Waals surface area contributed by atoms with E-state index in [2.05, 4.69) is 24.1 Å². The summed E-state index contributed by atoms with van der Waals surface area (Å²) in [7, 11) is 0. The molecule has 0 aliphatic rings. The van der Waals surface area contributed by atoms with E-state index in [0.29, 0.717) is 19.5 Å². The molecule has 1 aromatic rings. The molecule has 1 heterocycles. The van der Waals surface area contributed by atoms with Crippen LogP contribution in [0, 0.1) is 5.92 Å². The third-order valence-corrected chi connectivity index (χ3v) is 3.04. The van der Waals surface area contributed by atoms with Crippen molar-refractivity contribution in [3.63, 3.8) is 0 Å². The van der Waals surface area contributed by atoms with E-state index in [4.69, 9.17) is 5.73 Å². The molecule has 0 bridgehead atoms. The molecule has 0 fully saturated rings. The highest BCUT2D eigenvalue weighted by Gasteiger charge is 2.21. The number of nitrogens with two attached hydrogens (primary N) is 1. The van der Waals surface area contributed by atoms with Gasteiger partial charge in [0.05, 0.1) is 0 Å². The molecule has 1 atom stereocenters. The van der Waals surface area contributed by atoms with E-state index in [1.54, 1.807) is 0 Å². The van der Waals surface area contributed by atoms with Crippen molar-refractivity contribution in [2.45, 2.75) is 32.6 Å². The Balaban J connectivity index is 2.42. The van der Waals surface area contributed by atoms with Crippen LogP contribution in [0.5, 0.6) is 0 Å². The fourth-order valence-corrected chi connectivity index (χ4v) is 1.64. The lowest BCUT2D eigenvalue weighted by Gasteiger charge is -2.24. The number of hydrogen-bond donors (Lipinski definition) is 3. The largest absolute Gasteiger partial charge is 0.367 e. The lowest BCUT2D eigenvalue weighted by molar-refractivity contribution is -0.122. The van der Waals surface area contributed by atoms with Crippen LogP contribution in [0.4, 0.5) is 0 Å². The number of H-pyrrole nitrogens is 1. The lowest BCUT2D eigenvalue weighted by Crippen LogP contribution is -2.37. The molecule has 4 nitrogen and oxygen atoms in total. The van der Waals surface area contributed by atoms with E-state index in [1.807, 2.05) is 25.4 Å². The molecular weight excluding hydrogens is 214 g/mol. The van der Waals surface area contributed by atoms with Gasteiger partial charge in [-0.25, -0.2) is 0 Å². The summed E-state index contributed by atoms with van der Waals surface area (Å²) >= 11 is 0. The van der Waals surface area contributed by atoms with E-state index in [1.165, 1.54) is 5.56 Å². The van der Waals surface area contributed by atoms with Crippen LogP contribution in [0.1, 0.15) is 32.8 Å². The molecular formula is C13H23N3O. The highest BCUT2D eigenvalue weighted by molar-refractivity contribution is 5.76. The van der Waals surface area contributed by atoms with Gasteiger partial charge in [0.25, 0.3) is 0 Å². The first-order valence-electron chi connectivity index (χ1n) is 6.05. The van der Waals surface area contributed by atoms with Crippen molar-refractivity contribution in [1.29, 1.82) is 0 Å². The number of rotatable bonds is 6. The van der Waals surface area contributed by atoms with E-state index in [0.717, 1.165) is 0 Å². The van der Waals surface area contributed by atoms with Crippen LogP contribution in [0.25, 0.3) is 0 Å². The molecule has 0 radical (unpaired) electrons. The predicted molar refractivity (Wildman–Crippen MR) is 69.7 cm³/mol. The van der Waals surface area contributed by atoms with Crippen molar-refractivity contribution >= 4 is 5.91 Å². The summed E-state index contributed by atoms with van der Waals surface area (Å²) in [5.41, 5.74) is 6.64. The second kappa shape index (κ2) is 5.87. The zero-order chi connectivity index (χ0) is 12.9. The molecule has 4 heteroatoms. The van der Waals surface area contributed by atoms with Crippen LogP contribution < -0.4 is 11.1 Å². The minimum Gasteiger partial charge on any atom is -0.367 e. The van der Waals surface area contributed by atoms with Gasteiger partial charge in [-0.3, -0.25) is 4.79 Å². The molecule has 0 aliphatic carbocycles. The summed E-state index contributed by atoms with van der Waals surface area (Å²) in [6.07, 6.45) is 4.36. The zero-order valence-electron chi connectivity index (χ0n) is 10.9. The Kier molecular flexibility index (Phi) is 4.75. The lowest BCUT2D eigenvalue weighted by atomic mass is 9.86. The second-order valence-corrected chi connectivity index (χ2v) is 5.31. The number of aromatic nitrogens is 1. The number of hydrogen-bond acceptors (Lipinski definition) is 2. The number of nitrogens with one attached hydrogen (secondary N) is 2. The summed E-state index contributed by atoms with van der Waals surface area (Å²) in [6, 6.07) is 2.04. The smallest absolute Gasteiger partial charge is 0.220 e. The van der Waals surface area contributed by atoms with Crippen LogP contribution in [0.15, 0.2) is 18.5 Å². The summed E-state index contributed by atoms with van der Waals surface area (Å²) < 4.78 is 0. The van der Waals surface area contributed by atoms with E-state index < -0.39 is 0 Å². The van der Waals surface area contributed by atoms with Crippen LogP contribution in [0.2, 0.25) is 0 Å². The summed E-state index contributed by atoms with van der Waals surface area (Å²) in [4.78, 5) is 14.7. The van der Waals surface area contributed by atoms with Crippen molar-refractivity contribution in [2.24, 2.45) is 11.7 Å². The highest BCUT2D eigenvalue weighted by atomic mass is 16.1. The Morgan fingerprint density at radius 1 is 1.59 bits per heavy atom. The molecule has 17 heavy (non-hydrogen) atoms. The molecule has 0 saturated carbocycles. The molecule has 0 spiro atoms. The summed E-state index contributed by atoms with van der Waals surface area (Å²) in [6.45, 7) is 7.40. The number of aromatic amines is 1. The van der Waals surface area contributed by atoms with E-state index in [-0.39, 0.29) is 17.2 Å². The molecule has 1 unspecified atom stereocenters. The Bertz CT molecular complexity index is 344. The van der Waals surface area contributed by atoms with Crippen molar-refractivity contribution < 1.29 is 4.79 Å². The standard InChI is InChI=1S/C13H23N3O/c1-10(7-14)6-12(17)16-9-13(2,3)11-4-5-15-8-11/h4-5,8,10,15H,6-7,9,14H2,1-3H3,(H,16,17). The van der Waals surface area contributed by atoms with Gasteiger partial charge in [-0.2, -0.15) is 0 Å². The van der Waals surface area contributed by atoms with Crippen LogP contribution in [0.3, 0.4) is 0 Å². The summed E-state index contributed by atoms with van der Waals surface area (Å²) in [5, 5.41) is 2.97. The van der Waals surface area contributed by atoms with Gasteiger partial charge in [-0.05, 0) is 24.1 Å². The maximum absolute atomic E-state index is 11.7. The first kappa shape index (κ1) is 13.8. The minimum atomic E-state index is -0.0540. The first-order valence-corrected chi connectivity index (χ1v) is 6.05. The topological polar surface area (TPSA) is 70.9 Å². The fourth-order valence-electron chi connectivity index (χ4n) is 1.64. The first-order chi connectivity index (χ1) is 7.95. The Morgan fingerprint density at radius 3 is 2.82 bits per heavy atom. The van der Waals surface area contributed by atoms with Crippen LogP contribution in [-0.2, 0) is 10.2 Å². The van der Waals surface area contributed by atoms with Crippen molar-refractivity contribution in [2.75, 3.05) is 13.1 Å². The normalized spacial score (nSPS) is 13.4. The third-order valence-electron chi connectivity index (χ3n) is 3.04. The third kappa shape index (κ3) is 4.23. The van der Waals surface area contributed by atoms with Gasteiger partial charge >= 0.3 is 0 Å². The zero-order valence-corrected chi connectivity index (χ0v) is 10.9. The van der Waals surface area contributed by atoms with Gasteiger partial charge in [0.2, 0.25) is 5.91 Å². The van der Waals surface area contributed by atoms with Crippen LogP contribution >= 0.6 is 0 Å². The average Bonchev–Trinajstić information content (AvgIpc) is 2.80. The number of carbonyl (C=O) groups excluding carboxylic acids is 1. The number of carbonyl (C=O) groups is 1. The summed E-state index contributed by atoms with van der Waals surface area (Å²) in [5.74, 6) is 0.317. The molecule has 1 amide bonds. The van der Waals surface area contributed by atoms with Gasteiger partial charge in [0.15, 0.2) is 0 Å². The minimum absolute atomic E-state index is 0.0540. The van der Waals surface area contributed by atoms with Gasteiger partial charge in [-0.1, -0.05) is 20.8 Å². The van der Waals surface area contributed by atoms with Crippen molar-refractivity contribution in [1.82, 2.24) is 10.3 Å².